The van der Waals surface area contributed by atoms with Crippen LogP contribution < -0.4 is 0 Å². The Kier molecular flexibility index (Phi) is 2.55. The molecule has 2 aromatic rings. The van der Waals surface area contributed by atoms with Crippen molar-refractivity contribution < 1.29 is 15.0 Å². The first-order chi connectivity index (χ1) is 7.66. The molecule has 0 saturated heterocycles. The molecule has 4 nitrogen and oxygen atoms in total. The van der Waals surface area contributed by atoms with Gasteiger partial charge in [-0.05, 0) is 23.8 Å². The molecule has 1 aromatic carbocycles. The molecule has 1 aromatic heterocycles. The molecule has 0 bridgehead atoms. The van der Waals surface area contributed by atoms with E-state index in [2.05, 4.69) is 4.98 Å². The van der Waals surface area contributed by atoms with Crippen molar-refractivity contribution in [2.45, 2.75) is 0 Å². The van der Waals surface area contributed by atoms with Gasteiger partial charge in [-0.1, -0.05) is 12.1 Å². The van der Waals surface area contributed by atoms with E-state index < -0.39 is 5.97 Å². The van der Waals surface area contributed by atoms with E-state index in [0.717, 1.165) is 11.1 Å². The van der Waals surface area contributed by atoms with Gasteiger partial charge in [0.25, 0.3) is 0 Å². The van der Waals surface area contributed by atoms with E-state index in [1.165, 1.54) is 18.3 Å². The molecule has 0 radical (unpaired) electrons. The summed E-state index contributed by atoms with van der Waals surface area (Å²) in [5, 5.41) is 18.0. The summed E-state index contributed by atoms with van der Waals surface area (Å²) in [5.41, 5.74) is 1.79. The van der Waals surface area contributed by atoms with Gasteiger partial charge in [0.15, 0.2) is 0 Å². The van der Waals surface area contributed by atoms with Gasteiger partial charge in [0.2, 0.25) is 0 Å². The Morgan fingerprint density at radius 1 is 1.06 bits per heavy atom. The molecule has 0 spiro atoms. The number of benzene rings is 1. The van der Waals surface area contributed by atoms with E-state index in [1.807, 2.05) is 0 Å². The van der Waals surface area contributed by atoms with Gasteiger partial charge in [-0.25, -0.2) is 4.79 Å². The molecule has 0 unspecified atom stereocenters. The van der Waals surface area contributed by atoms with Crippen molar-refractivity contribution in [2.24, 2.45) is 0 Å². The predicted molar refractivity (Wildman–Crippen MR) is 58.3 cm³/mol. The monoisotopic (exact) mass is 215 g/mol. The molecule has 16 heavy (non-hydrogen) atoms. The molecule has 0 fully saturated rings. The molecule has 80 valence electrons. The smallest absolute Gasteiger partial charge is 0.335 e. The van der Waals surface area contributed by atoms with Crippen molar-refractivity contribution in [3.05, 3.63) is 48.3 Å². The number of carboxylic acids is 1. The van der Waals surface area contributed by atoms with Crippen LogP contribution in [0.2, 0.25) is 0 Å². The number of carboxylic acid groups (broad SMARTS) is 1. The lowest BCUT2D eigenvalue weighted by molar-refractivity contribution is 0.0697. The Morgan fingerprint density at radius 2 is 1.75 bits per heavy atom. The number of rotatable bonds is 2. The van der Waals surface area contributed by atoms with E-state index in [9.17, 15) is 9.90 Å². The molecular formula is C12H9NO3. The highest BCUT2D eigenvalue weighted by Crippen LogP contribution is 2.22. The second-order valence-corrected chi connectivity index (χ2v) is 3.31. The maximum atomic E-state index is 10.7. The fraction of sp³-hybridized carbons (Fsp3) is 0. The number of nitrogens with zero attached hydrogens (tertiary/aromatic N) is 1. The van der Waals surface area contributed by atoms with Gasteiger partial charge in [-0.2, -0.15) is 0 Å². The Labute approximate surface area is 91.8 Å². The third kappa shape index (κ3) is 2.00. The topological polar surface area (TPSA) is 70.4 Å². The minimum Gasteiger partial charge on any atom is -0.506 e. The van der Waals surface area contributed by atoms with E-state index in [1.54, 1.807) is 24.4 Å². The van der Waals surface area contributed by atoms with Gasteiger partial charge in [0, 0.05) is 11.8 Å². The number of hydrogen-bond donors (Lipinski definition) is 2. The maximum Gasteiger partial charge on any atom is 0.335 e. The third-order valence-electron chi connectivity index (χ3n) is 2.19. The molecule has 0 amide bonds. The molecule has 2 N–H and O–H groups in total. The zero-order chi connectivity index (χ0) is 11.5. The summed E-state index contributed by atoms with van der Waals surface area (Å²) in [7, 11) is 0. The van der Waals surface area contributed by atoms with Gasteiger partial charge in [-0.3, -0.25) is 4.98 Å². The minimum absolute atomic E-state index is 0.0832. The van der Waals surface area contributed by atoms with Crippen molar-refractivity contribution in [3.63, 3.8) is 0 Å². The van der Waals surface area contributed by atoms with E-state index >= 15 is 0 Å². The van der Waals surface area contributed by atoms with Crippen molar-refractivity contribution in [1.29, 1.82) is 0 Å². The van der Waals surface area contributed by atoms with Crippen LogP contribution >= 0.6 is 0 Å². The summed E-state index contributed by atoms with van der Waals surface area (Å²) < 4.78 is 0. The Bertz CT molecular complexity index is 520. The standard InChI is InChI=1S/C12H9NO3/c14-11-5-10(6-13-7-11)8-1-3-9(4-2-8)12(15)16/h1-7,14H,(H,15,16). The van der Waals surface area contributed by atoms with Gasteiger partial charge in [-0.15, -0.1) is 0 Å². The van der Waals surface area contributed by atoms with Crippen LogP contribution in [0.1, 0.15) is 10.4 Å². The molecule has 0 aliphatic carbocycles. The van der Waals surface area contributed by atoms with Crippen LogP contribution in [0.3, 0.4) is 0 Å². The first kappa shape index (κ1) is 10.2. The lowest BCUT2D eigenvalue weighted by Crippen LogP contribution is -1.94. The van der Waals surface area contributed by atoms with Crippen LogP contribution in [0.25, 0.3) is 11.1 Å². The quantitative estimate of drug-likeness (QED) is 0.805. The van der Waals surface area contributed by atoms with Crippen molar-refractivity contribution in [2.75, 3.05) is 0 Å². The lowest BCUT2D eigenvalue weighted by Gasteiger charge is -2.02. The summed E-state index contributed by atoms with van der Waals surface area (Å²) in [4.78, 5) is 14.5. The Balaban J connectivity index is 2.38. The molecule has 0 aliphatic heterocycles. The third-order valence-corrected chi connectivity index (χ3v) is 2.19. The normalized spacial score (nSPS) is 10.0. The predicted octanol–water partition coefficient (Wildman–Crippen LogP) is 2.15. The fourth-order valence-corrected chi connectivity index (χ4v) is 1.39. The summed E-state index contributed by atoms with van der Waals surface area (Å²) in [6.45, 7) is 0. The molecular weight excluding hydrogens is 206 g/mol. The zero-order valence-electron chi connectivity index (χ0n) is 8.29. The Morgan fingerprint density at radius 3 is 2.31 bits per heavy atom. The molecule has 4 heteroatoms. The highest BCUT2D eigenvalue weighted by atomic mass is 16.4. The van der Waals surface area contributed by atoms with Crippen LogP contribution in [0.5, 0.6) is 5.75 Å². The highest BCUT2D eigenvalue weighted by Gasteiger charge is 2.03. The second-order valence-electron chi connectivity index (χ2n) is 3.31. The summed E-state index contributed by atoms with van der Waals surface area (Å²) >= 11 is 0. The molecule has 0 atom stereocenters. The summed E-state index contributed by atoms with van der Waals surface area (Å²) in [6.07, 6.45) is 2.95. The molecule has 1 heterocycles. The van der Waals surface area contributed by atoms with E-state index in [4.69, 9.17) is 5.11 Å². The first-order valence-electron chi connectivity index (χ1n) is 4.64. The van der Waals surface area contributed by atoms with Crippen molar-refractivity contribution in [1.82, 2.24) is 4.98 Å². The van der Waals surface area contributed by atoms with Gasteiger partial charge < -0.3 is 10.2 Å². The number of hydrogen-bond acceptors (Lipinski definition) is 3. The molecule has 0 saturated carbocycles. The summed E-state index contributed by atoms with van der Waals surface area (Å²) in [5.74, 6) is -0.875. The van der Waals surface area contributed by atoms with Crippen molar-refractivity contribution in [3.8, 4) is 16.9 Å². The van der Waals surface area contributed by atoms with Crippen LogP contribution in [0.4, 0.5) is 0 Å². The van der Waals surface area contributed by atoms with Crippen LogP contribution in [-0.2, 0) is 0 Å². The van der Waals surface area contributed by atoms with E-state index in [-0.39, 0.29) is 11.3 Å². The first-order valence-corrected chi connectivity index (χ1v) is 4.64. The summed E-state index contributed by atoms with van der Waals surface area (Å²) in [6, 6.07) is 7.96. The van der Waals surface area contributed by atoms with Crippen LogP contribution in [0, 0.1) is 0 Å². The number of pyridine rings is 1. The van der Waals surface area contributed by atoms with Gasteiger partial charge >= 0.3 is 5.97 Å². The molecule has 0 aliphatic rings. The van der Waals surface area contributed by atoms with Gasteiger partial charge in [0.1, 0.15) is 5.75 Å². The van der Waals surface area contributed by atoms with E-state index in [0.29, 0.717) is 0 Å². The fourth-order valence-electron chi connectivity index (χ4n) is 1.39. The zero-order valence-corrected chi connectivity index (χ0v) is 8.29. The molecule has 2 rings (SSSR count). The number of aromatic hydroxyl groups is 1. The lowest BCUT2D eigenvalue weighted by atomic mass is 10.1. The maximum absolute atomic E-state index is 10.7. The largest absolute Gasteiger partial charge is 0.506 e. The average molecular weight is 215 g/mol. The Hall–Kier alpha value is -2.36. The number of carbonyl (C=O) groups is 1. The minimum atomic E-state index is -0.958. The van der Waals surface area contributed by atoms with Crippen LogP contribution in [-0.4, -0.2) is 21.2 Å². The second kappa shape index (κ2) is 4.02. The van der Waals surface area contributed by atoms with Crippen molar-refractivity contribution >= 4 is 5.97 Å². The number of aromatic carboxylic acids is 1. The highest BCUT2D eigenvalue weighted by molar-refractivity contribution is 5.88. The van der Waals surface area contributed by atoms with Crippen LogP contribution in [0.15, 0.2) is 42.7 Å². The average Bonchev–Trinajstić information content (AvgIpc) is 2.29. The van der Waals surface area contributed by atoms with Gasteiger partial charge in [0.05, 0.1) is 11.8 Å². The SMILES string of the molecule is O=C(O)c1ccc(-c2cncc(O)c2)cc1. The number of aromatic nitrogens is 1.